The molecule has 9 heteroatoms. The van der Waals surface area contributed by atoms with Gasteiger partial charge in [-0.1, -0.05) is 41.1 Å². The van der Waals surface area contributed by atoms with Gasteiger partial charge in [0.05, 0.1) is 13.0 Å². The fraction of sp³-hybridized carbons (Fsp3) is 0.455. The molecule has 2 fully saturated rings. The molecule has 166 valence electrons. The number of carbonyl (C=O) groups excluding carboxylic acids is 4. The minimum absolute atomic E-state index is 0.0708. The Kier molecular flexibility index (Phi) is 7.94. The summed E-state index contributed by atoms with van der Waals surface area (Å²) >= 11 is 4.93. The van der Waals surface area contributed by atoms with E-state index >= 15 is 0 Å². The molecule has 3 rings (SSSR count). The molecule has 7 nitrogen and oxygen atoms in total. The number of hydrogen-bond donors (Lipinski definition) is 0. The summed E-state index contributed by atoms with van der Waals surface area (Å²) in [6.07, 6.45) is 4.04. The highest BCUT2D eigenvalue weighted by Crippen LogP contribution is 2.45. The van der Waals surface area contributed by atoms with Crippen molar-refractivity contribution in [2.75, 3.05) is 19.5 Å². The Morgan fingerprint density at radius 3 is 2.61 bits per heavy atom. The number of rotatable bonds is 9. The van der Waals surface area contributed by atoms with Crippen LogP contribution in [0.4, 0.5) is 0 Å². The number of benzene rings is 1. The topological polar surface area (TPSA) is 90.0 Å². The molecule has 0 bridgehead atoms. The average molecular weight is 510 g/mol. The lowest BCUT2D eigenvalue weighted by molar-refractivity contribution is -0.165. The number of hydrogen-bond acceptors (Lipinski definition) is 7. The van der Waals surface area contributed by atoms with Crippen molar-refractivity contribution in [2.45, 2.75) is 37.1 Å². The smallest absolute Gasteiger partial charge is 0.330 e. The van der Waals surface area contributed by atoms with Gasteiger partial charge in [0.2, 0.25) is 5.91 Å². The van der Waals surface area contributed by atoms with Crippen molar-refractivity contribution >= 4 is 51.3 Å². The molecule has 2 unspecified atom stereocenters. The van der Waals surface area contributed by atoms with Crippen molar-refractivity contribution in [3.8, 4) is 0 Å². The first-order valence-corrected chi connectivity index (χ1v) is 11.8. The zero-order valence-electron chi connectivity index (χ0n) is 17.3. The van der Waals surface area contributed by atoms with E-state index in [9.17, 15) is 19.2 Å². The third-order valence-corrected chi connectivity index (χ3v) is 7.24. The van der Waals surface area contributed by atoms with Crippen LogP contribution < -0.4 is 0 Å². The molecule has 0 saturated carbocycles. The van der Waals surface area contributed by atoms with Gasteiger partial charge in [-0.25, -0.2) is 9.59 Å². The fourth-order valence-electron chi connectivity index (χ4n) is 4.02. The lowest BCUT2D eigenvalue weighted by atomic mass is 9.85. The van der Waals surface area contributed by atoms with Gasteiger partial charge < -0.3 is 14.4 Å². The highest BCUT2D eigenvalue weighted by Gasteiger charge is 2.59. The molecule has 4 atom stereocenters. The van der Waals surface area contributed by atoms with Gasteiger partial charge in [-0.3, -0.25) is 9.59 Å². The van der Waals surface area contributed by atoms with Crippen molar-refractivity contribution in [1.82, 2.24) is 4.90 Å². The minimum atomic E-state index is -0.694. The monoisotopic (exact) mass is 509 g/mol. The van der Waals surface area contributed by atoms with E-state index in [4.69, 9.17) is 4.74 Å². The average Bonchev–Trinajstić information content (AvgIpc) is 3.10. The van der Waals surface area contributed by atoms with Gasteiger partial charge in [-0.2, -0.15) is 11.8 Å². The molecule has 1 aromatic rings. The number of amides is 1. The molecular formula is C22H24BrNO6S. The maximum Gasteiger partial charge on any atom is 0.330 e. The van der Waals surface area contributed by atoms with Crippen molar-refractivity contribution in [3.63, 3.8) is 0 Å². The van der Waals surface area contributed by atoms with E-state index < -0.39 is 18.0 Å². The number of methoxy groups -OCH3 is 1. The molecule has 2 aliphatic heterocycles. The van der Waals surface area contributed by atoms with Gasteiger partial charge >= 0.3 is 11.9 Å². The summed E-state index contributed by atoms with van der Waals surface area (Å²) < 4.78 is 10.7. The molecule has 2 aliphatic rings. The van der Waals surface area contributed by atoms with Crippen LogP contribution in [0.25, 0.3) is 0 Å². The van der Waals surface area contributed by atoms with Crippen LogP contribution in [0.1, 0.15) is 30.1 Å². The van der Waals surface area contributed by atoms with Crippen molar-refractivity contribution in [1.29, 1.82) is 0 Å². The Bertz CT molecular complexity index is 886. The first-order chi connectivity index (χ1) is 14.9. The Labute approximate surface area is 193 Å². The minimum Gasteiger partial charge on any atom is -0.466 e. The third-order valence-electron chi connectivity index (χ3n) is 5.50. The summed E-state index contributed by atoms with van der Waals surface area (Å²) in [5.74, 6) is -0.894. The maximum atomic E-state index is 12.8. The number of carbonyl (C=O) groups is 4. The number of fused-ring (bicyclic) bond motifs is 1. The molecule has 2 heterocycles. The number of nitrogens with zero attached hydrogens (tertiary/aromatic N) is 1. The predicted octanol–water partition coefficient (Wildman–Crippen LogP) is 3.02. The predicted molar refractivity (Wildman–Crippen MR) is 120 cm³/mol. The summed E-state index contributed by atoms with van der Waals surface area (Å²) in [5.41, 5.74) is 0.456. The molecule has 0 spiro atoms. The highest BCUT2D eigenvalue weighted by molar-refractivity contribution is 9.10. The van der Waals surface area contributed by atoms with Crippen LogP contribution in [0.2, 0.25) is 0 Å². The van der Waals surface area contributed by atoms with Gasteiger partial charge in [0, 0.05) is 27.4 Å². The molecule has 1 amide bonds. The summed E-state index contributed by atoms with van der Waals surface area (Å²) in [6.45, 7) is 1.64. The zero-order valence-corrected chi connectivity index (χ0v) is 19.7. The molecule has 31 heavy (non-hydrogen) atoms. The van der Waals surface area contributed by atoms with E-state index in [1.807, 2.05) is 6.92 Å². The Morgan fingerprint density at radius 1 is 1.26 bits per heavy atom. The van der Waals surface area contributed by atoms with Gasteiger partial charge in [0.15, 0.2) is 12.4 Å². The summed E-state index contributed by atoms with van der Waals surface area (Å²) in [5, 5.41) is -0.0798. The molecule has 1 aromatic carbocycles. The van der Waals surface area contributed by atoms with Crippen LogP contribution >= 0.6 is 27.7 Å². The number of Topliss-reactive ketones (excluding diaryl/α,β-unsaturated/α-hetero) is 1. The zero-order chi connectivity index (χ0) is 22.5. The number of thioether (sulfide) groups is 1. The molecule has 0 aliphatic carbocycles. The summed E-state index contributed by atoms with van der Waals surface area (Å²) in [7, 11) is 1.30. The van der Waals surface area contributed by atoms with Crippen LogP contribution in [0.5, 0.6) is 0 Å². The van der Waals surface area contributed by atoms with E-state index in [-0.39, 0.29) is 35.5 Å². The van der Waals surface area contributed by atoms with E-state index in [1.54, 1.807) is 47.0 Å². The standard InChI is InChI=1S/C22H24BrNO6S/c1-3-31-18-11-16-15(5-4-6-19(26)29-2)21(27)24(16)20(18)22(28)30-12-17(25)13-7-9-14(23)10-8-13/h4,6-10,15-16,18,20H,3,5,11-12H2,1-2H3/b6-4-/t15?,16?,18-,20-/m0/s1. The van der Waals surface area contributed by atoms with Gasteiger partial charge in [-0.15, -0.1) is 0 Å². The van der Waals surface area contributed by atoms with E-state index in [0.717, 1.165) is 10.2 Å². The maximum absolute atomic E-state index is 12.8. The fourth-order valence-corrected chi connectivity index (χ4v) is 5.47. The highest BCUT2D eigenvalue weighted by atomic mass is 79.9. The van der Waals surface area contributed by atoms with Crippen LogP contribution in [0.15, 0.2) is 40.9 Å². The number of allylic oxidation sites excluding steroid dienone is 1. The molecular weight excluding hydrogens is 486 g/mol. The first kappa shape index (κ1) is 23.5. The van der Waals surface area contributed by atoms with E-state index in [2.05, 4.69) is 20.7 Å². The third kappa shape index (κ3) is 5.20. The number of halogens is 1. The van der Waals surface area contributed by atoms with Gasteiger partial charge in [0.25, 0.3) is 0 Å². The second-order valence-corrected chi connectivity index (χ2v) is 9.72. The lowest BCUT2D eigenvalue weighted by Gasteiger charge is -2.44. The molecule has 0 aromatic heterocycles. The number of ether oxygens (including phenoxy) is 2. The van der Waals surface area contributed by atoms with Crippen molar-refractivity contribution < 1.29 is 28.7 Å². The second kappa shape index (κ2) is 10.5. The largest absolute Gasteiger partial charge is 0.466 e. The van der Waals surface area contributed by atoms with E-state index in [0.29, 0.717) is 18.4 Å². The SMILES string of the molecule is CCS[C@H]1CC2C(C/C=C\C(=O)OC)C(=O)N2[C@@H]1C(=O)OCC(=O)c1ccc(Br)cc1. The number of ketones is 1. The summed E-state index contributed by atoms with van der Waals surface area (Å²) in [6, 6.07) is 6.05. The van der Waals surface area contributed by atoms with Crippen molar-refractivity contribution in [2.24, 2.45) is 5.92 Å². The number of β-lactam (4-membered cyclic amide) rings is 1. The van der Waals surface area contributed by atoms with Crippen LogP contribution in [0, 0.1) is 5.92 Å². The van der Waals surface area contributed by atoms with Crippen LogP contribution in [-0.4, -0.2) is 65.3 Å². The Morgan fingerprint density at radius 2 is 1.97 bits per heavy atom. The second-order valence-electron chi connectivity index (χ2n) is 7.29. The van der Waals surface area contributed by atoms with E-state index in [1.165, 1.54) is 13.2 Å². The Hall–Kier alpha value is -2.13. The molecule has 0 radical (unpaired) electrons. The molecule has 2 saturated heterocycles. The van der Waals surface area contributed by atoms with Gasteiger partial charge in [0.1, 0.15) is 6.04 Å². The van der Waals surface area contributed by atoms with Gasteiger partial charge in [-0.05, 0) is 30.7 Å². The van der Waals surface area contributed by atoms with Crippen molar-refractivity contribution in [3.05, 3.63) is 46.5 Å². The quantitative estimate of drug-likeness (QED) is 0.218. The van der Waals surface area contributed by atoms with Crippen LogP contribution in [0.3, 0.4) is 0 Å². The lowest BCUT2D eigenvalue weighted by Crippen LogP contribution is -2.62. The molecule has 0 N–H and O–H groups in total. The van der Waals surface area contributed by atoms with Crippen LogP contribution in [-0.2, 0) is 23.9 Å². The Balaban J connectivity index is 1.62. The summed E-state index contributed by atoms with van der Waals surface area (Å²) in [4.78, 5) is 50.7. The normalized spacial score (nSPS) is 24.6. The number of esters is 2. The first-order valence-electron chi connectivity index (χ1n) is 10.0.